The largest absolute Gasteiger partial charge is 0.172 e. The number of hydrogen-bond donors (Lipinski definition) is 0. The first kappa shape index (κ1) is 123. The summed E-state index contributed by atoms with van der Waals surface area (Å²) in [6.07, 6.45) is 122. The second-order valence-corrected chi connectivity index (χ2v) is 55.5. The second-order valence-electron chi connectivity index (χ2n) is 46.2. The Bertz CT molecular complexity index is 4790. The summed E-state index contributed by atoms with van der Waals surface area (Å²) in [7, 11) is 0. The van der Waals surface area contributed by atoms with E-state index in [0.29, 0.717) is 0 Å². The van der Waals surface area contributed by atoms with Gasteiger partial charge in [-0.3, -0.25) is 0 Å². The van der Waals surface area contributed by atoms with Crippen molar-refractivity contribution in [3.05, 3.63) is 80.5 Å². The Labute approximate surface area is 924 Å². The summed E-state index contributed by atoms with van der Waals surface area (Å²) in [6.45, 7) is 23.7. The molecule has 0 fully saturated rings. The Balaban J connectivity index is 0.875. The summed E-state index contributed by atoms with van der Waals surface area (Å²) in [4.78, 5) is 14.8. The van der Waals surface area contributed by atoms with Crippen molar-refractivity contribution < 1.29 is 0 Å². The molecule has 9 aromatic heterocycles. The van der Waals surface area contributed by atoms with Crippen molar-refractivity contribution in [2.24, 2.45) is 23.7 Å². The minimum Gasteiger partial charge on any atom is -0.172 e. The number of fused-ring (bicyclic) bond motifs is 6. The van der Waals surface area contributed by atoms with Crippen molar-refractivity contribution in [1.82, 2.24) is 8.75 Å². The van der Waals surface area contributed by atoms with Crippen molar-refractivity contribution in [2.45, 2.75) is 628 Å². The van der Waals surface area contributed by atoms with E-state index >= 15 is 0 Å². The van der Waals surface area contributed by atoms with E-state index in [1.165, 1.54) is 614 Å². The summed E-state index contributed by atoms with van der Waals surface area (Å²) >= 11 is 18.4. The SMILES string of the molecule is CCCCCCCCCCC(C)CCCCCCCc1cc(-c2ccc(-c3cc(CCCCCCCC(CCCCCCCC)CCCCCCCCCC)c(-c4ccc(-c5sc6c(sc7c8sc(-c9ccc(C)s9)c(CCCCCCCCC(CCCCCCCC)CCCCCCCCCC)c8sc67)c5CCCCCCCCC(CCCCCCCC)CCCCCCCCCC)s4)s3)c3nsnc23)sc1C. The van der Waals surface area contributed by atoms with Gasteiger partial charge in [0.2, 0.25) is 0 Å². The quantitative estimate of drug-likeness (QED) is 0.0355. The van der Waals surface area contributed by atoms with Crippen LogP contribution in [0.25, 0.3) is 89.4 Å². The lowest BCUT2D eigenvalue weighted by Gasteiger charge is -2.17. The maximum atomic E-state index is 5.26. The molecule has 812 valence electrons. The van der Waals surface area contributed by atoms with E-state index in [9.17, 15) is 0 Å². The molecule has 0 spiro atoms. The summed E-state index contributed by atoms with van der Waals surface area (Å²) < 4.78 is 20.1. The lowest BCUT2D eigenvalue weighted by atomic mass is 9.89. The predicted octanol–water partition coefficient (Wildman–Crippen LogP) is 51.8. The Kier molecular flexibility index (Phi) is 66.5. The Hall–Kier alpha value is -2.58. The number of rotatable bonds is 96. The summed E-state index contributed by atoms with van der Waals surface area (Å²) in [5.74, 6) is 3.72. The molecule has 4 atom stereocenters. The van der Waals surface area contributed by atoms with Gasteiger partial charge in [-0.15, -0.1) is 90.7 Å². The van der Waals surface area contributed by atoms with Crippen molar-refractivity contribution in [3.63, 3.8) is 0 Å². The zero-order valence-electron chi connectivity index (χ0n) is 95.0. The number of benzene rings is 1. The normalized spacial score (nSPS) is 13.0. The smallest absolute Gasteiger partial charge is 0.114 e. The third-order valence-electron chi connectivity index (χ3n) is 33.4. The highest BCUT2D eigenvalue weighted by atomic mass is 32.1. The molecule has 1 aromatic carbocycles. The van der Waals surface area contributed by atoms with E-state index in [1.807, 2.05) is 22.7 Å². The van der Waals surface area contributed by atoms with Gasteiger partial charge in [-0.05, 0) is 148 Å². The molecule has 0 aliphatic heterocycles. The van der Waals surface area contributed by atoms with Crippen LogP contribution in [0.1, 0.15) is 620 Å². The number of hydrogen-bond acceptors (Lipinski definition) is 11. The molecule has 0 amide bonds. The molecule has 4 unspecified atom stereocenters. The van der Waals surface area contributed by atoms with E-state index in [-0.39, 0.29) is 0 Å². The maximum absolute atomic E-state index is 5.26. The van der Waals surface area contributed by atoms with Gasteiger partial charge in [-0.25, -0.2) is 0 Å². The van der Waals surface area contributed by atoms with E-state index in [2.05, 4.69) is 186 Å². The van der Waals surface area contributed by atoms with Crippen LogP contribution in [0.5, 0.6) is 0 Å². The fraction of sp³-hybridized carbons (Fsp3) is 0.759. The number of nitrogens with zero attached hydrogens (tertiary/aromatic N) is 2. The summed E-state index contributed by atoms with van der Waals surface area (Å²) in [5.41, 5.74) is 11.1. The molecule has 0 saturated heterocycles. The van der Waals surface area contributed by atoms with Gasteiger partial charge in [0, 0.05) is 59.9 Å². The highest BCUT2D eigenvalue weighted by Crippen LogP contribution is 2.58. The van der Waals surface area contributed by atoms with Crippen LogP contribution in [0.15, 0.2) is 48.5 Å². The first-order chi connectivity index (χ1) is 71.1. The van der Waals surface area contributed by atoms with E-state index in [4.69, 9.17) is 8.75 Å². The van der Waals surface area contributed by atoms with Crippen molar-refractivity contribution in [3.8, 4) is 50.1 Å². The van der Waals surface area contributed by atoms with Crippen LogP contribution in [0.3, 0.4) is 0 Å². The lowest BCUT2D eigenvalue weighted by molar-refractivity contribution is 0.365. The van der Waals surface area contributed by atoms with E-state index in [0.717, 1.165) is 41.1 Å². The van der Waals surface area contributed by atoms with Gasteiger partial charge >= 0.3 is 0 Å². The first-order valence-corrected chi connectivity index (χ1v) is 70.4. The van der Waals surface area contributed by atoms with Crippen molar-refractivity contribution in [2.75, 3.05) is 0 Å². The molecule has 0 aliphatic rings. The van der Waals surface area contributed by atoms with Gasteiger partial charge in [0.1, 0.15) is 11.0 Å². The van der Waals surface area contributed by atoms with E-state index < -0.39 is 0 Å². The minimum absolute atomic E-state index is 0.883. The van der Waals surface area contributed by atoms with Crippen LogP contribution >= 0.6 is 102 Å². The predicted molar refractivity (Wildman–Crippen MR) is 667 cm³/mol. The topological polar surface area (TPSA) is 25.8 Å². The number of unbranched alkanes of at least 4 members (excludes halogenated alkanes) is 61. The number of aryl methyl sites for hydroxylation is 6. The standard InChI is InChI=1S/C133H216N2S9/c1-11-18-25-32-39-43-53-68-83-106(8)84-69-54-51-64-79-94-112-104-121(137-108(112)10)114-99-100-115(124-123(114)134-144-135-124)122-105-113(95-80-65-52-63-78-93-111(87-72-57-38-31-24-17-7)90-75-60-46-42-35-28-21-14-4)125(139-122)118-102-103-120(138-118)127-117(97-82-67-50-48-62-77-92-110(86-71-56-37-30-23-16-6)89-74-59-45-41-34-27-20-13-3)129-131(141-127)133-132(143-129)130-128(142-133)116(126(140-130)119-101-98-107(9)136-119)96-81-66-49-47-61-76-91-109(85-70-55-36-29-22-15-5)88-73-58-44-40-33-26-19-12-2/h98-106,109-111H,11-97H2,1-10H3. The van der Waals surface area contributed by atoms with Crippen LogP contribution in [0.4, 0.5) is 0 Å². The third kappa shape index (κ3) is 46.2. The van der Waals surface area contributed by atoms with Crippen LogP contribution in [-0.2, 0) is 25.7 Å². The van der Waals surface area contributed by atoms with Gasteiger partial charge in [-0.2, -0.15) is 8.75 Å². The molecule has 2 nitrogen and oxygen atoms in total. The Morgan fingerprint density at radius 1 is 0.208 bits per heavy atom. The molecule has 0 radical (unpaired) electrons. The molecule has 10 aromatic rings. The molecule has 0 aliphatic carbocycles. The molecule has 0 bridgehead atoms. The minimum atomic E-state index is 0.883. The molecule has 0 saturated carbocycles. The van der Waals surface area contributed by atoms with Gasteiger partial charge in [0.05, 0.1) is 39.9 Å². The fourth-order valence-corrected chi connectivity index (χ4v) is 35.5. The van der Waals surface area contributed by atoms with Crippen LogP contribution in [0, 0.1) is 37.5 Å². The Morgan fingerprint density at radius 2 is 0.458 bits per heavy atom. The van der Waals surface area contributed by atoms with Crippen LogP contribution in [-0.4, -0.2) is 8.75 Å². The maximum Gasteiger partial charge on any atom is 0.114 e. The molecule has 9 heterocycles. The lowest BCUT2D eigenvalue weighted by Crippen LogP contribution is -2.02. The molecule has 144 heavy (non-hydrogen) atoms. The Morgan fingerprint density at radius 3 is 0.771 bits per heavy atom. The second kappa shape index (κ2) is 77.7. The zero-order valence-corrected chi connectivity index (χ0v) is 102. The summed E-state index contributed by atoms with van der Waals surface area (Å²) in [6, 6.07) is 20.1. The monoisotopic (exact) mass is 2130 g/mol. The molecule has 10 rings (SSSR count). The molecular weight excluding hydrogens is 1910 g/mol. The molecule has 0 N–H and O–H groups in total. The average Bonchev–Trinajstić information content (AvgIpc) is 1.55. The first-order valence-electron chi connectivity index (χ1n) is 63.1. The molecule has 11 heteroatoms. The molecular formula is C133H216N2S9. The van der Waals surface area contributed by atoms with Gasteiger partial charge in [0.25, 0.3) is 0 Å². The van der Waals surface area contributed by atoms with Gasteiger partial charge in [-0.1, -0.05) is 575 Å². The third-order valence-corrected chi connectivity index (χ3v) is 44.5. The summed E-state index contributed by atoms with van der Waals surface area (Å²) in [5, 5.41) is 0. The number of aromatic nitrogens is 2. The average molecular weight is 2130 g/mol. The van der Waals surface area contributed by atoms with Gasteiger partial charge in [0.15, 0.2) is 0 Å². The highest BCUT2D eigenvalue weighted by molar-refractivity contribution is 7.46. The highest BCUT2D eigenvalue weighted by Gasteiger charge is 2.29. The van der Waals surface area contributed by atoms with Gasteiger partial charge < -0.3 is 0 Å². The number of thiophene rings is 8. The van der Waals surface area contributed by atoms with Crippen LogP contribution < -0.4 is 0 Å². The van der Waals surface area contributed by atoms with Crippen molar-refractivity contribution >= 4 is 142 Å². The van der Waals surface area contributed by atoms with Crippen molar-refractivity contribution in [1.29, 1.82) is 0 Å². The zero-order chi connectivity index (χ0) is 101. The van der Waals surface area contributed by atoms with Crippen LogP contribution in [0.2, 0.25) is 0 Å². The van der Waals surface area contributed by atoms with E-state index in [1.54, 1.807) is 60.2 Å². The fourth-order valence-electron chi connectivity index (χ4n) is 24.0.